The lowest BCUT2D eigenvalue weighted by Gasteiger charge is -1.96. The molecule has 0 amide bonds. The molecule has 0 saturated carbocycles. The third-order valence-electron chi connectivity index (χ3n) is 0.975. The average molecular weight is 471 g/mol. The minimum atomic E-state index is 0.116. The van der Waals surface area contributed by atoms with Crippen LogP contribution in [0.5, 0.6) is 5.75 Å². The predicted octanol–water partition coefficient (Wildman–Crippen LogP) is 3.64. The van der Waals surface area contributed by atoms with Gasteiger partial charge >= 0.3 is 0 Å². The van der Waals surface area contributed by atoms with Gasteiger partial charge in [0.25, 0.3) is 0 Å². The third-order valence-corrected chi connectivity index (χ3v) is 4.63. The van der Waals surface area contributed by atoms with E-state index in [4.69, 9.17) is 0 Å². The van der Waals surface area contributed by atoms with Gasteiger partial charge in [-0.05, 0) is 73.8 Å². The molecule has 1 nitrogen and oxygen atoms in total. The second-order valence-corrected chi connectivity index (χ2v) is 5.18. The van der Waals surface area contributed by atoms with Crippen molar-refractivity contribution in [3.8, 4) is 5.75 Å². The maximum absolute atomic E-state index is 11.0. The van der Waals surface area contributed by atoms with Crippen LogP contribution in [0.3, 0.4) is 0 Å². The summed E-state index contributed by atoms with van der Waals surface area (Å²) in [6, 6.07) is 3.55. The third kappa shape index (κ3) is 2.10. The number of hydrogen-bond donors (Lipinski definition) is 0. The number of rotatable bonds is 0. The summed E-state index contributed by atoms with van der Waals surface area (Å²) in [6.45, 7) is 0. The van der Waals surface area contributed by atoms with Crippen LogP contribution < -0.4 is 0 Å². The lowest BCUT2D eigenvalue weighted by Crippen LogP contribution is -1.80. The SMILES string of the molecule is [O]c1cc(I)c(I)cc1I. The van der Waals surface area contributed by atoms with Crippen molar-refractivity contribution in [2.24, 2.45) is 0 Å². The van der Waals surface area contributed by atoms with Crippen molar-refractivity contribution in [1.82, 2.24) is 0 Å². The monoisotopic (exact) mass is 471 g/mol. The van der Waals surface area contributed by atoms with Gasteiger partial charge in [0.1, 0.15) is 0 Å². The molecule has 0 bridgehead atoms. The summed E-state index contributed by atoms with van der Waals surface area (Å²) < 4.78 is 2.97. The summed E-state index contributed by atoms with van der Waals surface area (Å²) in [6.07, 6.45) is 0. The molecule has 4 heteroatoms. The Labute approximate surface area is 100 Å². The summed E-state index contributed by atoms with van der Waals surface area (Å²) in [5, 5.41) is 11.0. The van der Waals surface area contributed by atoms with E-state index in [1.165, 1.54) is 0 Å². The van der Waals surface area contributed by atoms with E-state index in [-0.39, 0.29) is 5.75 Å². The molecule has 0 atom stereocenters. The summed E-state index contributed by atoms with van der Waals surface area (Å²) in [4.78, 5) is 0. The van der Waals surface area contributed by atoms with Gasteiger partial charge in [-0.3, -0.25) is 5.11 Å². The molecule has 1 aromatic carbocycles. The Morgan fingerprint density at radius 2 is 1.40 bits per heavy atom. The Bertz CT molecular complexity index is 209. The second kappa shape index (κ2) is 3.74. The Morgan fingerprint density at radius 1 is 0.900 bits per heavy atom. The van der Waals surface area contributed by atoms with E-state index < -0.39 is 0 Å². The molecular formula is C6H2I3O. The van der Waals surface area contributed by atoms with Crippen LogP contribution in [0.25, 0.3) is 0 Å². The minimum Gasteiger partial charge on any atom is -0.289 e. The molecular weight excluding hydrogens is 469 g/mol. The molecule has 0 fully saturated rings. The maximum Gasteiger partial charge on any atom is 0.193 e. The molecule has 0 aromatic heterocycles. The van der Waals surface area contributed by atoms with Gasteiger partial charge in [-0.2, -0.15) is 0 Å². The molecule has 0 aliphatic heterocycles. The molecule has 10 heavy (non-hydrogen) atoms. The van der Waals surface area contributed by atoms with Gasteiger partial charge in [0.15, 0.2) is 5.75 Å². The van der Waals surface area contributed by atoms with E-state index in [2.05, 4.69) is 45.2 Å². The predicted molar refractivity (Wildman–Crippen MR) is 64.7 cm³/mol. The molecule has 1 radical (unpaired) electrons. The first-order valence-electron chi connectivity index (χ1n) is 2.43. The normalized spacial score (nSPS) is 9.90. The lowest BCUT2D eigenvalue weighted by molar-refractivity contribution is 0.351. The van der Waals surface area contributed by atoms with Crippen LogP contribution in [0.1, 0.15) is 0 Å². The quantitative estimate of drug-likeness (QED) is 0.408. The highest BCUT2D eigenvalue weighted by atomic mass is 127. The van der Waals surface area contributed by atoms with Crippen LogP contribution in [0.2, 0.25) is 0 Å². The van der Waals surface area contributed by atoms with E-state index in [1.54, 1.807) is 6.07 Å². The van der Waals surface area contributed by atoms with Crippen LogP contribution in [0, 0.1) is 10.7 Å². The summed E-state index contributed by atoms with van der Waals surface area (Å²) >= 11 is 6.42. The fraction of sp³-hybridized carbons (Fsp3) is 0. The van der Waals surface area contributed by atoms with Crippen LogP contribution in [-0.2, 0) is 5.11 Å². The fourth-order valence-corrected chi connectivity index (χ4v) is 2.47. The highest BCUT2D eigenvalue weighted by Crippen LogP contribution is 2.26. The molecule has 1 rings (SSSR count). The van der Waals surface area contributed by atoms with Crippen molar-refractivity contribution in [2.75, 3.05) is 0 Å². The van der Waals surface area contributed by atoms with E-state index >= 15 is 0 Å². The van der Waals surface area contributed by atoms with Crippen molar-refractivity contribution in [3.05, 3.63) is 22.8 Å². The molecule has 0 saturated heterocycles. The Kier molecular flexibility index (Phi) is 3.48. The van der Waals surface area contributed by atoms with Gasteiger partial charge in [0, 0.05) is 13.2 Å². The molecule has 0 spiro atoms. The maximum atomic E-state index is 11.0. The van der Waals surface area contributed by atoms with E-state index in [0.29, 0.717) is 0 Å². The Morgan fingerprint density at radius 3 is 1.90 bits per heavy atom. The zero-order valence-electron chi connectivity index (χ0n) is 4.70. The molecule has 0 aliphatic rings. The van der Waals surface area contributed by atoms with Crippen LogP contribution in [0.15, 0.2) is 12.1 Å². The Hall–Kier alpha value is 1.21. The largest absolute Gasteiger partial charge is 0.289 e. The van der Waals surface area contributed by atoms with E-state index in [9.17, 15) is 5.11 Å². The van der Waals surface area contributed by atoms with Crippen molar-refractivity contribution < 1.29 is 5.11 Å². The van der Waals surface area contributed by atoms with Gasteiger partial charge in [0.2, 0.25) is 0 Å². The molecule has 53 valence electrons. The Balaban J connectivity index is 3.28. The molecule has 0 unspecified atom stereocenters. The summed E-state index contributed by atoms with van der Waals surface area (Å²) in [5.74, 6) is 0.116. The molecule has 1 aromatic rings. The van der Waals surface area contributed by atoms with Crippen molar-refractivity contribution in [3.63, 3.8) is 0 Å². The summed E-state index contributed by atoms with van der Waals surface area (Å²) in [7, 11) is 0. The topological polar surface area (TPSA) is 19.9 Å². The number of hydrogen-bond acceptors (Lipinski definition) is 0. The van der Waals surface area contributed by atoms with Crippen LogP contribution in [0.4, 0.5) is 0 Å². The van der Waals surface area contributed by atoms with Gasteiger partial charge in [0.05, 0.1) is 3.57 Å². The van der Waals surface area contributed by atoms with E-state index in [0.717, 1.165) is 10.7 Å². The minimum absolute atomic E-state index is 0.116. The zero-order valence-corrected chi connectivity index (χ0v) is 11.2. The molecule has 0 heterocycles. The van der Waals surface area contributed by atoms with Gasteiger partial charge in [-0.25, -0.2) is 0 Å². The molecule has 0 aliphatic carbocycles. The standard InChI is InChI=1S/C6H2I3O/c7-3-1-5(9)6(10)2-4(3)8/h1-2H. The van der Waals surface area contributed by atoms with Crippen molar-refractivity contribution in [2.45, 2.75) is 0 Å². The first kappa shape index (κ1) is 9.30. The van der Waals surface area contributed by atoms with Crippen LogP contribution in [-0.4, -0.2) is 0 Å². The highest BCUT2D eigenvalue weighted by molar-refractivity contribution is 14.1. The van der Waals surface area contributed by atoms with Gasteiger partial charge in [-0.15, -0.1) is 0 Å². The second-order valence-electron chi connectivity index (χ2n) is 1.70. The highest BCUT2D eigenvalue weighted by Gasteiger charge is 2.03. The smallest absolute Gasteiger partial charge is 0.193 e. The van der Waals surface area contributed by atoms with Crippen molar-refractivity contribution in [1.29, 1.82) is 0 Å². The van der Waals surface area contributed by atoms with Gasteiger partial charge < -0.3 is 0 Å². The van der Waals surface area contributed by atoms with Gasteiger partial charge in [-0.1, -0.05) is 0 Å². The van der Waals surface area contributed by atoms with Crippen LogP contribution >= 0.6 is 67.8 Å². The average Bonchev–Trinajstić information content (AvgIpc) is 1.84. The first-order chi connectivity index (χ1) is 4.61. The zero-order chi connectivity index (χ0) is 7.72. The van der Waals surface area contributed by atoms with E-state index in [1.807, 2.05) is 28.7 Å². The van der Waals surface area contributed by atoms with Crippen molar-refractivity contribution >= 4 is 67.8 Å². The summed E-state index contributed by atoms with van der Waals surface area (Å²) in [5.41, 5.74) is 0. The number of halogens is 3. The molecule has 0 N–H and O–H groups in total. The lowest BCUT2D eigenvalue weighted by atomic mass is 10.3. The first-order valence-corrected chi connectivity index (χ1v) is 5.66. The fourth-order valence-electron chi connectivity index (χ4n) is 0.504. The number of benzene rings is 1.